The fourth-order valence-electron chi connectivity index (χ4n) is 3.42. The highest BCUT2D eigenvalue weighted by Gasteiger charge is 2.10. The van der Waals surface area contributed by atoms with E-state index in [1.165, 1.54) is 5.57 Å². The van der Waals surface area contributed by atoms with Crippen molar-refractivity contribution in [1.82, 2.24) is 10.2 Å². The van der Waals surface area contributed by atoms with Gasteiger partial charge in [0.15, 0.2) is 0 Å². The maximum Gasteiger partial charge on any atom is 0.119 e. The third kappa shape index (κ3) is 2.97. The van der Waals surface area contributed by atoms with Gasteiger partial charge in [-0.1, -0.05) is 49.4 Å². The Hall–Kier alpha value is -3.07. The highest BCUT2D eigenvalue weighted by atomic mass is 16.3. The van der Waals surface area contributed by atoms with Crippen LogP contribution in [0.1, 0.15) is 24.6 Å². The van der Waals surface area contributed by atoms with E-state index in [-0.39, 0.29) is 0 Å². The van der Waals surface area contributed by atoms with Crippen LogP contribution < -0.4 is 0 Å². The largest absolute Gasteiger partial charge is 0.508 e. The molecule has 1 atom stereocenters. The number of aromatic nitrogens is 2. The molecule has 3 aromatic rings. The summed E-state index contributed by atoms with van der Waals surface area (Å²) in [5.74, 6) is 0.855. The number of aromatic hydroxyl groups is 1. The van der Waals surface area contributed by atoms with Crippen LogP contribution >= 0.6 is 0 Å². The fourth-order valence-corrected chi connectivity index (χ4v) is 3.42. The molecular formula is C23H22N2O. The lowest BCUT2D eigenvalue weighted by Gasteiger charge is -2.13. The lowest BCUT2D eigenvalue weighted by Crippen LogP contribution is -1.98. The van der Waals surface area contributed by atoms with Gasteiger partial charge in [0.25, 0.3) is 0 Å². The molecule has 1 heterocycles. The van der Waals surface area contributed by atoms with Crippen LogP contribution in [0.25, 0.3) is 28.1 Å². The van der Waals surface area contributed by atoms with Gasteiger partial charge in [0.05, 0.1) is 11.2 Å². The summed E-state index contributed by atoms with van der Waals surface area (Å²) in [6, 6.07) is 11.9. The minimum absolute atomic E-state index is 0.321. The van der Waals surface area contributed by atoms with Crippen LogP contribution in [-0.2, 0) is 0 Å². The van der Waals surface area contributed by atoms with Crippen LogP contribution in [0.2, 0.25) is 0 Å². The first-order valence-electron chi connectivity index (χ1n) is 8.95. The first-order valence-corrected chi connectivity index (χ1v) is 8.95. The van der Waals surface area contributed by atoms with Gasteiger partial charge in [-0.2, -0.15) is 5.10 Å². The quantitative estimate of drug-likeness (QED) is 0.634. The average molecular weight is 342 g/mol. The highest BCUT2D eigenvalue weighted by molar-refractivity contribution is 5.91. The van der Waals surface area contributed by atoms with Gasteiger partial charge in [0.1, 0.15) is 5.75 Å². The average Bonchev–Trinajstić information content (AvgIpc) is 3.05. The molecular weight excluding hydrogens is 320 g/mol. The molecule has 26 heavy (non-hydrogen) atoms. The molecule has 130 valence electrons. The Balaban J connectivity index is 1.74. The van der Waals surface area contributed by atoms with Crippen LogP contribution in [0.3, 0.4) is 0 Å². The van der Waals surface area contributed by atoms with Crippen LogP contribution in [0, 0.1) is 12.8 Å². The van der Waals surface area contributed by atoms with Gasteiger partial charge in [0.2, 0.25) is 0 Å². The summed E-state index contributed by atoms with van der Waals surface area (Å²) >= 11 is 0. The molecule has 1 aliphatic carbocycles. The minimum atomic E-state index is 0.321. The predicted octanol–water partition coefficient (Wildman–Crippen LogP) is 5.78. The number of hydrogen-bond acceptors (Lipinski definition) is 2. The molecule has 3 nitrogen and oxygen atoms in total. The summed E-state index contributed by atoms with van der Waals surface area (Å²) < 4.78 is 0. The van der Waals surface area contributed by atoms with E-state index in [1.807, 2.05) is 25.1 Å². The number of allylic oxidation sites excluding steroid dienone is 5. The molecule has 4 rings (SSSR count). The third-order valence-electron chi connectivity index (χ3n) is 5.13. The monoisotopic (exact) mass is 342 g/mol. The van der Waals surface area contributed by atoms with E-state index in [9.17, 15) is 5.11 Å². The second-order valence-electron chi connectivity index (χ2n) is 6.88. The molecule has 3 heteroatoms. The van der Waals surface area contributed by atoms with Gasteiger partial charge in [-0.3, -0.25) is 5.10 Å². The summed E-state index contributed by atoms with van der Waals surface area (Å²) in [5, 5.41) is 18.7. The number of phenols is 1. The van der Waals surface area contributed by atoms with Crippen molar-refractivity contribution in [3.63, 3.8) is 0 Å². The number of phenolic OH excluding ortho intramolecular Hbond substituents is 1. The zero-order valence-corrected chi connectivity index (χ0v) is 15.0. The van der Waals surface area contributed by atoms with E-state index in [4.69, 9.17) is 0 Å². The maximum absolute atomic E-state index is 10.0. The number of aromatic amines is 1. The van der Waals surface area contributed by atoms with Crippen molar-refractivity contribution in [2.45, 2.75) is 20.3 Å². The molecule has 0 saturated carbocycles. The molecule has 0 bridgehead atoms. The molecule has 0 amide bonds. The molecule has 2 N–H and O–H groups in total. The third-order valence-corrected chi connectivity index (χ3v) is 5.13. The first kappa shape index (κ1) is 16.4. The van der Waals surface area contributed by atoms with E-state index >= 15 is 0 Å². The van der Waals surface area contributed by atoms with Gasteiger partial charge in [-0.05, 0) is 65.8 Å². The normalized spacial score (nSPS) is 17.2. The summed E-state index contributed by atoms with van der Waals surface area (Å²) in [7, 11) is 0. The summed E-state index contributed by atoms with van der Waals surface area (Å²) in [6.07, 6.45) is 11.8. The van der Waals surface area contributed by atoms with Gasteiger partial charge in [-0.15, -0.1) is 0 Å². The Kier molecular flexibility index (Phi) is 4.21. The van der Waals surface area contributed by atoms with Crippen molar-refractivity contribution in [1.29, 1.82) is 0 Å². The molecule has 1 aromatic heterocycles. The minimum Gasteiger partial charge on any atom is -0.508 e. The lowest BCUT2D eigenvalue weighted by molar-refractivity contribution is 0.471. The highest BCUT2D eigenvalue weighted by Crippen LogP contribution is 2.32. The fraction of sp³-hybridized carbons (Fsp3) is 0.174. The summed E-state index contributed by atoms with van der Waals surface area (Å²) in [5.41, 5.74) is 6.27. The number of H-pyrrole nitrogens is 1. The standard InChI is InChI=1S/C23H22N2O/c1-15-6-3-4-7-17(15)10-12-21-20-14-18(11-13-22(20)25-24-21)19-8-5-9-23(26)16(19)2/h3-5,7-15,26H,6H2,1-2H3,(H,24,25)/b12-10+. The van der Waals surface area contributed by atoms with Crippen molar-refractivity contribution >= 4 is 17.0 Å². The molecule has 1 unspecified atom stereocenters. The number of fused-ring (bicyclic) bond motifs is 1. The molecule has 0 aliphatic heterocycles. The Bertz CT molecular complexity index is 1050. The van der Waals surface area contributed by atoms with Crippen molar-refractivity contribution in [2.75, 3.05) is 0 Å². The van der Waals surface area contributed by atoms with E-state index in [0.29, 0.717) is 11.7 Å². The smallest absolute Gasteiger partial charge is 0.119 e. The molecule has 0 radical (unpaired) electrons. The Morgan fingerprint density at radius 1 is 1.19 bits per heavy atom. The zero-order valence-electron chi connectivity index (χ0n) is 15.0. The van der Waals surface area contributed by atoms with Crippen LogP contribution in [0.5, 0.6) is 5.75 Å². The van der Waals surface area contributed by atoms with Gasteiger partial charge in [-0.25, -0.2) is 0 Å². The maximum atomic E-state index is 10.0. The van der Waals surface area contributed by atoms with Crippen LogP contribution in [0.4, 0.5) is 0 Å². The molecule has 0 fully saturated rings. The van der Waals surface area contributed by atoms with Gasteiger partial charge < -0.3 is 5.11 Å². The van der Waals surface area contributed by atoms with Gasteiger partial charge >= 0.3 is 0 Å². The molecule has 0 saturated heterocycles. The van der Waals surface area contributed by atoms with E-state index < -0.39 is 0 Å². The van der Waals surface area contributed by atoms with E-state index in [0.717, 1.165) is 39.7 Å². The van der Waals surface area contributed by atoms with Gasteiger partial charge in [0, 0.05) is 5.39 Å². The summed E-state index contributed by atoms with van der Waals surface area (Å²) in [4.78, 5) is 0. The number of rotatable bonds is 3. The second kappa shape index (κ2) is 6.68. The molecule has 1 aliphatic rings. The van der Waals surface area contributed by atoms with Crippen LogP contribution in [0.15, 0.2) is 66.3 Å². The van der Waals surface area contributed by atoms with Crippen molar-refractivity contribution in [3.8, 4) is 16.9 Å². The van der Waals surface area contributed by atoms with E-state index in [1.54, 1.807) is 6.07 Å². The zero-order chi connectivity index (χ0) is 18.1. The van der Waals surface area contributed by atoms with Crippen LogP contribution in [-0.4, -0.2) is 15.3 Å². The predicted molar refractivity (Wildman–Crippen MR) is 108 cm³/mol. The SMILES string of the molecule is Cc1c(O)cccc1-c1ccc2[nH]nc(/C=C/C3=CC=CCC3C)c2c1. The first-order chi connectivity index (χ1) is 12.6. The Morgan fingerprint density at radius 3 is 2.92 bits per heavy atom. The van der Waals surface area contributed by atoms with E-state index in [2.05, 4.69) is 59.6 Å². The lowest BCUT2D eigenvalue weighted by atomic mass is 9.93. The Labute approximate surface area is 153 Å². The topological polar surface area (TPSA) is 48.9 Å². The van der Waals surface area contributed by atoms with Crippen molar-refractivity contribution in [3.05, 3.63) is 77.5 Å². The Morgan fingerprint density at radius 2 is 2.08 bits per heavy atom. The number of benzene rings is 2. The molecule has 2 aromatic carbocycles. The van der Waals surface area contributed by atoms with Crippen molar-refractivity contribution < 1.29 is 5.11 Å². The molecule has 0 spiro atoms. The summed E-state index contributed by atoms with van der Waals surface area (Å²) in [6.45, 7) is 4.18. The van der Waals surface area contributed by atoms with Crippen molar-refractivity contribution in [2.24, 2.45) is 5.92 Å². The number of nitrogens with zero attached hydrogens (tertiary/aromatic N) is 1. The number of nitrogens with one attached hydrogen (secondary N) is 1. The second-order valence-corrected chi connectivity index (χ2v) is 6.88. The number of hydrogen-bond donors (Lipinski definition) is 2.